The van der Waals surface area contributed by atoms with Crippen molar-refractivity contribution in [1.82, 2.24) is 13.6 Å². The molecule has 2 heterocycles. The lowest BCUT2D eigenvalue weighted by atomic mass is 10.1. The molecule has 1 saturated heterocycles. The van der Waals surface area contributed by atoms with Crippen LogP contribution >= 0.6 is 0 Å². The Balaban J connectivity index is 1.71. The fourth-order valence-corrected chi connectivity index (χ4v) is 6.55. The molecule has 1 aliphatic rings. The van der Waals surface area contributed by atoms with E-state index >= 15 is 0 Å². The Morgan fingerprint density at radius 1 is 0.946 bits per heavy atom. The van der Waals surface area contributed by atoms with Gasteiger partial charge in [0, 0.05) is 52.7 Å². The molecule has 0 atom stereocenters. The molecule has 37 heavy (non-hydrogen) atoms. The summed E-state index contributed by atoms with van der Waals surface area (Å²) in [5.74, 6) is -0.522. The highest BCUT2D eigenvalue weighted by Crippen LogP contribution is 2.35. The molecule has 4 rings (SSSR count). The lowest BCUT2D eigenvalue weighted by molar-refractivity contribution is 0.355. The third-order valence-electron chi connectivity index (χ3n) is 5.94. The number of nitriles is 1. The maximum atomic E-state index is 13.6. The Hall–Kier alpha value is -3.57. The zero-order valence-electron chi connectivity index (χ0n) is 20.2. The van der Waals surface area contributed by atoms with Crippen LogP contribution in [0.15, 0.2) is 71.9 Å². The number of piperazine rings is 1. The molecule has 0 unspecified atom stereocenters. The highest BCUT2D eigenvalue weighted by atomic mass is 32.2. The highest BCUT2D eigenvalue weighted by molar-refractivity contribution is 7.93. The Labute approximate surface area is 216 Å². The molecule has 10 nitrogen and oxygen atoms in total. The van der Waals surface area contributed by atoms with E-state index < -0.39 is 26.0 Å². The first kappa shape index (κ1) is 26.5. The topological polar surface area (TPSA) is 118 Å². The van der Waals surface area contributed by atoms with Gasteiger partial charge in [0.2, 0.25) is 0 Å². The van der Waals surface area contributed by atoms with Gasteiger partial charge in [-0.2, -0.15) is 22.3 Å². The summed E-state index contributed by atoms with van der Waals surface area (Å²) in [5, 5.41) is 9.92. The molecule has 0 bridgehead atoms. The van der Waals surface area contributed by atoms with E-state index in [1.807, 2.05) is 4.90 Å². The van der Waals surface area contributed by atoms with E-state index in [1.165, 1.54) is 61.1 Å². The zero-order chi connectivity index (χ0) is 26.8. The maximum Gasteiger partial charge on any atom is 0.281 e. The molecule has 0 aliphatic carbocycles. The van der Waals surface area contributed by atoms with E-state index in [0.717, 1.165) is 20.7 Å². The lowest BCUT2D eigenvalue weighted by Gasteiger charge is -2.37. The molecular formula is C24H25FN6O4S2. The predicted octanol–water partition coefficient (Wildman–Crippen LogP) is 2.55. The van der Waals surface area contributed by atoms with Gasteiger partial charge in [-0.25, -0.2) is 17.1 Å². The van der Waals surface area contributed by atoms with E-state index in [2.05, 4.69) is 11.1 Å². The van der Waals surface area contributed by atoms with Crippen LogP contribution in [0.2, 0.25) is 0 Å². The average Bonchev–Trinajstić information content (AvgIpc) is 2.90. The average molecular weight is 545 g/mol. The van der Waals surface area contributed by atoms with Crippen LogP contribution in [0.4, 0.5) is 21.5 Å². The van der Waals surface area contributed by atoms with Gasteiger partial charge in [-0.15, -0.1) is 0 Å². The van der Waals surface area contributed by atoms with Gasteiger partial charge < -0.3 is 4.90 Å². The molecular weight excluding hydrogens is 519 g/mol. The molecule has 0 radical (unpaired) electrons. The number of halogens is 1. The number of sulfonamides is 1. The normalized spacial score (nSPS) is 14.9. The molecule has 2 aromatic carbocycles. The zero-order valence-corrected chi connectivity index (χ0v) is 21.8. The largest absolute Gasteiger partial charge is 0.368 e. The van der Waals surface area contributed by atoms with Gasteiger partial charge in [-0.3, -0.25) is 4.98 Å². The number of benzene rings is 2. The fraction of sp³-hybridized carbons (Fsp3) is 0.250. The van der Waals surface area contributed by atoms with Crippen molar-refractivity contribution in [3.05, 3.63) is 78.4 Å². The van der Waals surface area contributed by atoms with Crippen molar-refractivity contribution in [1.29, 1.82) is 5.26 Å². The van der Waals surface area contributed by atoms with Crippen molar-refractivity contribution >= 4 is 37.3 Å². The van der Waals surface area contributed by atoms with Crippen LogP contribution in [0, 0.1) is 17.1 Å². The second-order valence-corrected chi connectivity index (χ2v) is 12.4. The minimum Gasteiger partial charge on any atom is -0.368 e. The van der Waals surface area contributed by atoms with Gasteiger partial charge in [0.25, 0.3) is 20.2 Å². The summed E-state index contributed by atoms with van der Waals surface area (Å²) >= 11 is 0. The van der Waals surface area contributed by atoms with E-state index in [1.54, 1.807) is 12.1 Å². The first-order valence-electron chi connectivity index (χ1n) is 11.2. The van der Waals surface area contributed by atoms with Gasteiger partial charge in [0.05, 0.1) is 22.6 Å². The number of rotatable bonds is 7. The van der Waals surface area contributed by atoms with Crippen LogP contribution in [0.1, 0.15) is 5.56 Å². The minimum absolute atomic E-state index is 0.0693. The van der Waals surface area contributed by atoms with Crippen molar-refractivity contribution in [2.75, 3.05) is 49.5 Å². The first-order valence-corrected chi connectivity index (χ1v) is 14.1. The SMILES string of the molecule is CN(C)S(=O)(=O)N1CCN(c2ccc(N(c3ccc(F)cc3)S(=O)(=O)c3cccnc3)cc2C#N)CC1. The maximum absolute atomic E-state index is 13.6. The number of anilines is 3. The van der Waals surface area contributed by atoms with Crippen LogP contribution in [-0.2, 0) is 20.2 Å². The van der Waals surface area contributed by atoms with Crippen LogP contribution in [-0.4, -0.2) is 70.7 Å². The van der Waals surface area contributed by atoms with Crippen LogP contribution in [0.5, 0.6) is 0 Å². The van der Waals surface area contributed by atoms with Crippen molar-refractivity contribution in [3.8, 4) is 6.07 Å². The number of aromatic nitrogens is 1. The quantitative estimate of drug-likeness (QED) is 0.449. The van der Waals surface area contributed by atoms with Crippen molar-refractivity contribution in [2.45, 2.75) is 4.90 Å². The van der Waals surface area contributed by atoms with Gasteiger partial charge in [0.1, 0.15) is 16.8 Å². The Morgan fingerprint density at radius 3 is 2.16 bits per heavy atom. The number of nitrogens with zero attached hydrogens (tertiary/aromatic N) is 6. The Morgan fingerprint density at radius 2 is 1.59 bits per heavy atom. The molecule has 0 amide bonds. The summed E-state index contributed by atoms with van der Waals surface area (Å²) in [7, 11) is -4.77. The first-order chi connectivity index (χ1) is 17.6. The van der Waals surface area contributed by atoms with Crippen LogP contribution in [0.25, 0.3) is 0 Å². The molecule has 1 aromatic heterocycles. The minimum atomic E-state index is -4.17. The number of hydrogen-bond donors (Lipinski definition) is 0. The monoisotopic (exact) mass is 544 g/mol. The third-order valence-corrected chi connectivity index (χ3v) is 9.62. The molecule has 1 fully saturated rings. The fourth-order valence-electron chi connectivity index (χ4n) is 4.01. The van der Waals surface area contributed by atoms with Crippen LogP contribution < -0.4 is 9.21 Å². The van der Waals surface area contributed by atoms with Crippen molar-refractivity contribution in [2.24, 2.45) is 0 Å². The second kappa shape index (κ2) is 10.4. The number of hydrogen-bond acceptors (Lipinski definition) is 7. The predicted molar refractivity (Wildman–Crippen MR) is 138 cm³/mol. The van der Waals surface area contributed by atoms with Gasteiger partial charge in [-0.05, 0) is 54.6 Å². The highest BCUT2D eigenvalue weighted by Gasteiger charge is 2.31. The standard InChI is InChI=1S/C24H25FN6O4S2/c1-28(2)37(34,35)30-14-12-29(13-15-30)24-10-9-22(16-19(24)17-26)31(21-7-5-20(25)6-8-21)36(32,33)23-4-3-11-27-18-23/h3-11,16,18H,12-15H2,1-2H3. The smallest absolute Gasteiger partial charge is 0.281 e. The molecule has 0 saturated carbocycles. The van der Waals surface area contributed by atoms with Gasteiger partial charge in [0.15, 0.2) is 0 Å². The molecule has 3 aromatic rings. The lowest BCUT2D eigenvalue weighted by Crippen LogP contribution is -2.51. The van der Waals surface area contributed by atoms with Gasteiger partial charge >= 0.3 is 0 Å². The Bertz CT molecular complexity index is 1520. The second-order valence-electron chi connectivity index (χ2n) is 8.42. The summed E-state index contributed by atoms with van der Waals surface area (Å²) in [6.45, 7) is 1.20. The van der Waals surface area contributed by atoms with Gasteiger partial charge in [-0.1, -0.05) is 0 Å². The molecule has 194 valence electrons. The number of pyridine rings is 1. The molecule has 0 N–H and O–H groups in total. The third kappa shape index (κ3) is 5.28. The van der Waals surface area contributed by atoms with E-state index in [0.29, 0.717) is 18.8 Å². The summed E-state index contributed by atoms with van der Waals surface area (Å²) < 4.78 is 69.3. The Kier molecular flexibility index (Phi) is 7.47. The summed E-state index contributed by atoms with van der Waals surface area (Å²) in [6, 6.07) is 14.7. The molecule has 1 aliphatic heterocycles. The van der Waals surface area contributed by atoms with Crippen molar-refractivity contribution in [3.63, 3.8) is 0 Å². The van der Waals surface area contributed by atoms with E-state index in [9.17, 15) is 26.5 Å². The van der Waals surface area contributed by atoms with Crippen LogP contribution in [0.3, 0.4) is 0 Å². The summed E-state index contributed by atoms with van der Waals surface area (Å²) in [5.41, 5.74) is 1.15. The molecule has 0 spiro atoms. The van der Waals surface area contributed by atoms with Crippen molar-refractivity contribution < 1.29 is 21.2 Å². The summed E-state index contributed by atoms with van der Waals surface area (Å²) in [4.78, 5) is 5.72. The van der Waals surface area contributed by atoms with E-state index in [4.69, 9.17) is 0 Å². The van der Waals surface area contributed by atoms with E-state index in [-0.39, 0.29) is 34.9 Å². The molecule has 13 heteroatoms. The summed E-state index contributed by atoms with van der Waals surface area (Å²) in [6.07, 6.45) is 2.67.